The Kier molecular flexibility index (Phi) is 5.50. The van der Waals surface area contributed by atoms with E-state index in [1.54, 1.807) is 0 Å². The van der Waals surface area contributed by atoms with Crippen LogP contribution in [0.1, 0.15) is 22.3 Å². The second-order valence-electron chi connectivity index (χ2n) is 4.58. The zero-order valence-corrected chi connectivity index (χ0v) is 11.2. The van der Waals surface area contributed by atoms with Crippen LogP contribution in [0.3, 0.4) is 0 Å². The van der Waals surface area contributed by atoms with Gasteiger partial charge in [-0.3, -0.25) is 4.79 Å². The standard InChI is InChI=1S/C13H16F4N2O/c1-19(2)8-4-7-18-12(20)9-5-3-6-10(11(9)14)13(15,16)17/h3,5-6H,4,7-8H2,1-2H3,(H,18,20). The van der Waals surface area contributed by atoms with E-state index in [1.165, 1.54) is 0 Å². The Morgan fingerprint density at radius 3 is 2.50 bits per heavy atom. The van der Waals surface area contributed by atoms with Crippen LogP contribution in [0.4, 0.5) is 17.6 Å². The van der Waals surface area contributed by atoms with Crippen LogP contribution in [-0.2, 0) is 6.18 Å². The summed E-state index contributed by atoms with van der Waals surface area (Å²) in [6, 6.07) is 2.66. The molecule has 0 saturated heterocycles. The third kappa shape index (κ3) is 4.48. The van der Waals surface area contributed by atoms with Crippen molar-refractivity contribution in [3.8, 4) is 0 Å². The molecule has 1 rings (SSSR count). The van der Waals surface area contributed by atoms with Gasteiger partial charge in [0.1, 0.15) is 5.82 Å². The van der Waals surface area contributed by atoms with Crippen molar-refractivity contribution >= 4 is 5.91 Å². The lowest BCUT2D eigenvalue weighted by molar-refractivity contribution is -0.140. The van der Waals surface area contributed by atoms with Crippen molar-refractivity contribution in [3.05, 3.63) is 35.1 Å². The minimum absolute atomic E-state index is 0.271. The van der Waals surface area contributed by atoms with Gasteiger partial charge in [-0.2, -0.15) is 13.2 Å². The maximum atomic E-state index is 13.7. The third-order valence-electron chi connectivity index (χ3n) is 2.62. The Morgan fingerprint density at radius 2 is 1.95 bits per heavy atom. The topological polar surface area (TPSA) is 32.3 Å². The summed E-state index contributed by atoms with van der Waals surface area (Å²) in [4.78, 5) is 13.6. The minimum atomic E-state index is -4.81. The summed E-state index contributed by atoms with van der Waals surface area (Å²) in [6.45, 7) is 0.984. The van der Waals surface area contributed by atoms with Crippen molar-refractivity contribution in [2.75, 3.05) is 27.2 Å². The normalized spacial score (nSPS) is 11.8. The fourth-order valence-corrected chi connectivity index (χ4v) is 1.62. The number of nitrogens with zero attached hydrogens (tertiary/aromatic N) is 1. The summed E-state index contributed by atoms with van der Waals surface area (Å²) < 4.78 is 51.2. The highest BCUT2D eigenvalue weighted by atomic mass is 19.4. The van der Waals surface area contributed by atoms with Gasteiger partial charge in [0.2, 0.25) is 0 Å². The van der Waals surface area contributed by atoms with E-state index in [0.717, 1.165) is 12.1 Å². The van der Waals surface area contributed by atoms with Crippen LogP contribution in [0.2, 0.25) is 0 Å². The predicted octanol–water partition coefficient (Wildman–Crippen LogP) is 2.53. The van der Waals surface area contributed by atoms with E-state index in [-0.39, 0.29) is 6.54 Å². The Balaban J connectivity index is 2.74. The average Bonchev–Trinajstić information content (AvgIpc) is 2.33. The number of hydrogen-bond acceptors (Lipinski definition) is 2. The fourth-order valence-electron chi connectivity index (χ4n) is 1.62. The van der Waals surface area contributed by atoms with Crippen LogP contribution in [-0.4, -0.2) is 38.0 Å². The molecule has 0 fully saturated rings. The lowest BCUT2D eigenvalue weighted by atomic mass is 10.1. The zero-order valence-electron chi connectivity index (χ0n) is 11.2. The Hall–Kier alpha value is -1.63. The van der Waals surface area contributed by atoms with Crippen molar-refractivity contribution in [2.24, 2.45) is 0 Å². The Bertz CT molecular complexity index is 472. The van der Waals surface area contributed by atoms with E-state index in [0.29, 0.717) is 19.0 Å². The SMILES string of the molecule is CN(C)CCCNC(=O)c1cccc(C(F)(F)F)c1F. The van der Waals surface area contributed by atoms with Gasteiger partial charge >= 0.3 is 6.18 Å². The molecule has 1 amide bonds. The maximum Gasteiger partial charge on any atom is 0.419 e. The van der Waals surface area contributed by atoms with E-state index in [4.69, 9.17) is 0 Å². The monoisotopic (exact) mass is 292 g/mol. The predicted molar refractivity (Wildman–Crippen MR) is 66.9 cm³/mol. The number of alkyl halides is 3. The van der Waals surface area contributed by atoms with E-state index < -0.39 is 29.0 Å². The lowest BCUT2D eigenvalue weighted by Crippen LogP contribution is -2.28. The zero-order chi connectivity index (χ0) is 15.3. The summed E-state index contributed by atoms with van der Waals surface area (Å²) in [5.41, 5.74) is -2.02. The highest BCUT2D eigenvalue weighted by Crippen LogP contribution is 2.32. The molecule has 0 spiro atoms. The van der Waals surface area contributed by atoms with Crippen LogP contribution in [0.15, 0.2) is 18.2 Å². The van der Waals surface area contributed by atoms with Gasteiger partial charge in [-0.1, -0.05) is 6.07 Å². The smallest absolute Gasteiger partial charge is 0.352 e. The van der Waals surface area contributed by atoms with E-state index in [1.807, 2.05) is 19.0 Å². The molecular formula is C13H16F4N2O. The van der Waals surface area contributed by atoms with E-state index in [9.17, 15) is 22.4 Å². The van der Waals surface area contributed by atoms with Gasteiger partial charge < -0.3 is 10.2 Å². The highest BCUT2D eigenvalue weighted by Gasteiger charge is 2.35. The van der Waals surface area contributed by atoms with Crippen molar-refractivity contribution in [2.45, 2.75) is 12.6 Å². The van der Waals surface area contributed by atoms with Crippen molar-refractivity contribution < 1.29 is 22.4 Å². The quantitative estimate of drug-likeness (QED) is 0.668. The van der Waals surface area contributed by atoms with Gasteiger partial charge in [0.25, 0.3) is 5.91 Å². The highest BCUT2D eigenvalue weighted by molar-refractivity contribution is 5.94. The largest absolute Gasteiger partial charge is 0.419 e. The van der Waals surface area contributed by atoms with Crippen molar-refractivity contribution in [3.63, 3.8) is 0 Å². The van der Waals surface area contributed by atoms with Crippen molar-refractivity contribution in [1.29, 1.82) is 0 Å². The molecule has 112 valence electrons. The number of amides is 1. The van der Waals surface area contributed by atoms with Crippen LogP contribution in [0.5, 0.6) is 0 Å². The summed E-state index contributed by atoms with van der Waals surface area (Å²) in [5, 5.41) is 2.40. The average molecular weight is 292 g/mol. The van der Waals surface area contributed by atoms with Gasteiger partial charge in [-0.25, -0.2) is 4.39 Å². The van der Waals surface area contributed by atoms with Crippen molar-refractivity contribution in [1.82, 2.24) is 10.2 Å². The second-order valence-corrected chi connectivity index (χ2v) is 4.58. The molecule has 3 nitrogen and oxygen atoms in total. The molecule has 0 bridgehead atoms. The molecule has 0 aromatic heterocycles. The number of hydrogen-bond donors (Lipinski definition) is 1. The minimum Gasteiger partial charge on any atom is -0.352 e. The molecule has 1 aromatic carbocycles. The number of benzene rings is 1. The first kappa shape index (κ1) is 16.4. The summed E-state index contributed by atoms with van der Waals surface area (Å²) in [7, 11) is 3.71. The number of carbonyl (C=O) groups is 1. The molecule has 0 aliphatic carbocycles. The number of nitrogens with one attached hydrogen (secondary N) is 1. The first-order valence-corrected chi connectivity index (χ1v) is 6.02. The third-order valence-corrected chi connectivity index (χ3v) is 2.62. The van der Waals surface area contributed by atoms with Crippen LogP contribution >= 0.6 is 0 Å². The molecule has 7 heteroatoms. The molecule has 0 atom stereocenters. The van der Waals surface area contributed by atoms with E-state index >= 15 is 0 Å². The molecule has 0 unspecified atom stereocenters. The van der Waals surface area contributed by atoms with Gasteiger partial charge in [0.05, 0.1) is 11.1 Å². The van der Waals surface area contributed by atoms with Gasteiger partial charge in [-0.05, 0) is 39.2 Å². The number of rotatable bonds is 5. The van der Waals surface area contributed by atoms with Gasteiger partial charge in [-0.15, -0.1) is 0 Å². The molecule has 0 saturated carbocycles. The molecular weight excluding hydrogens is 276 g/mol. The Morgan fingerprint density at radius 1 is 1.30 bits per heavy atom. The molecule has 20 heavy (non-hydrogen) atoms. The molecule has 1 aromatic rings. The Labute approximate surface area is 114 Å². The van der Waals surface area contributed by atoms with Crippen LogP contribution < -0.4 is 5.32 Å². The lowest BCUT2D eigenvalue weighted by Gasteiger charge is -2.12. The van der Waals surface area contributed by atoms with Crippen LogP contribution in [0.25, 0.3) is 0 Å². The number of halogens is 4. The first-order valence-electron chi connectivity index (χ1n) is 6.02. The summed E-state index contributed by atoms with van der Waals surface area (Å²) in [5.74, 6) is -2.38. The molecule has 0 heterocycles. The molecule has 0 radical (unpaired) electrons. The van der Waals surface area contributed by atoms with Gasteiger partial charge in [0, 0.05) is 6.54 Å². The van der Waals surface area contributed by atoms with E-state index in [2.05, 4.69) is 5.32 Å². The summed E-state index contributed by atoms with van der Waals surface area (Å²) >= 11 is 0. The molecule has 0 aliphatic heterocycles. The summed E-state index contributed by atoms with van der Waals surface area (Å²) in [6.07, 6.45) is -4.19. The number of carbonyl (C=O) groups excluding carboxylic acids is 1. The second kappa shape index (κ2) is 6.69. The maximum absolute atomic E-state index is 13.7. The first-order chi connectivity index (χ1) is 9.23. The molecule has 0 aliphatic rings. The van der Waals surface area contributed by atoms with Gasteiger partial charge in [0.15, 0.2) is 0 Å². The molecule has 1 N–H and O–H groups in total. The fraction of sp³-hybridized carbons (Fsp3) is 0.462. The van der Waals surface area contributed by atoms with Crippen LogP contribution in [0, 0.1) is 5.82 Å².